The average Bonchev–Trinajstić information content (AvgIpc) is 2.92. The molecule has 0 saturated heterocycles. The molecule has 0 saturated carbocycles. The summed E-state index contributed by atoms with van der Waals surface area (Å²) in [5, 5.41) is 7.13. The number of hydrogen-bond acceptors (Lipinski definition) is 3. The third kappa shape index (κ3) is 2.85. The summed E-state index contributed by atoms with van der Waals surface area (Å²) in [5.74, 6) is 0. The highest BCUT2D eigenvalue weighted by Gasteiger charge is 2.17. The van der Waals surface area contributed by atoms with Gasteiger partial charge in [0.2, 0.25) is 0 Å². The van der Waals surface area contributed by atoms with Crippen LogP contribution in [0.25, 0.3) is 43.5 Å². The van der Waals surface area contributed by atoms with Gasteiger partial charge in [0, 0.05) is 24.4 Å². The highest BCUT2D eigenvalue weighted by Crippen LogP contribution is 2.43. The van der Waals surface area contributed by atoms with Crippen LogP contribution in [-0.2, 0) is 0 Å². The minimum absolute atomic E-state index is 0.857. The summed E-state index contributed by atoms with van der Waals surface area (Å²) in [6, 6.07) is 21.5. The highest BCUT2D eigenvalue weighted by molar-refractivity contribution is 7.38. The van der Waals surface area contributed by atoms with E-state index in [-0.39, 0.29) is 0 Å². The number of nitrogens with zero attached hydrogens (tertiary/aromatic N) is 1. The van der Waals surface area contributed by atoms with Crippen molar-refractivity contribution >= 4 is 51.6 Å². The number of fused-ring (bicyclic) bond motifs is 7. The van der Waals surface area contributed by atoms with Gasteiger partial charge in [0.1, 0.15) is 11.2 Å². The fourth-order valence-corrected chi connectivity index (χ4v) is 5.43. The first kappa shape index (κ1) is 18.3. The first-order chi connectivity index (χ1) is 14.1. The molecule has 0 atom stereocenters. The van der Waals surface area contributed by atoms with Crippen molar-refractivity contribution in [1.82, 2.24) is 0 Å². The Hall–Kier alpha value is -2.74. The van der Waals surface area contributed by atoms with Crippen LogP contribution in [0.3, 0.4) is 0 Å². The molecular formula is C25H24NO2P. The molecule has 0 aliphatic heterocycles. The van der Waals surface area contributed by atoms with Gasteiger partial charge in [0.05, 0.1) is 0 Å². The summed E-state index contributed by atoms with van der Waals surface area (Å²) in [6.45, 7) is 7.25. The summed E-state index contributed by atoms with van der Waals surface area (Å²) in [6.07, 6.45) is 0. The van der Waals surface area contributed by atoms with E-state index in [1.807, 2.05) is 0 Å². The van der Waals surface area contributed by atoms with Gasteiger partial charge in [-0.1, -0.05) is 55.5 Å². The smallest absolute Gasteiger partial charge is 0.309 e. The Balaban J connectivity index is 2.20. The van der Waals surface area contributed by atoms with Gasteiger partial charge in [-0.05, 0) is 58.7 Å². The van der Waals surface area contributed by atoms with E-state index in [9.17, 15) is 0 Å². The lowest BCUT2D eigenvalue weighted by atomic mass is 9.95. The largest absolute Gasteiger partial charge is 0.407 e. The maximum absolute atomic E-state index is 6.60. The zero-order valence-electron chi connectivity index (χ0n) is 17.2. The second-order valence-corrected chi connectivity index (χ2v) is 9.16. The summed E-state index contributed by atoms with van der Waals surface area (Å²) in [5.41, 5.74) is 4.14. The van der Waals surface area contributed by atoms with Gasteiger partial charge in [0.15, 0.2) is 0 Å². The number of rotatable bonds is 2. The second-order valence-electron chi connectivity index (χ2n) is 7.63. The van der Waals surface area contributed by atoms with E-state index in [1.54, 1.807) is 0 Å². The third-order valence-electron chi connectivity index (χ3n) is 5.70. The Morgan fingerprint density at radius 1 is 0.759 bits per heavy atom. The van der Waals surface area contributed by atoms with Crippen LogP contribution in [-0.4, -0.2) is 13.6 Å². The van der Waals surface area contributed by atoms with E-state index in [1.165, 1.54) is 21.5 Å². The number of hydrogen-bond donors (Lipinski definition) is 0. The minimum atomic E-state index is -1.24. The maximum Gasteiger partial charge on any atom is 0.309 e. The minimum Gasteiger partial charge on any atom is -0.407 e. The van der Waals surface area contributed by atoms with Crippen molar-refractivity contribution in [3.05, 3.63) is 71.8 Å². The van der Waals surface area contributed by atoms with Crippen molar-refractivity contribution in [2.24, 2.45) is 0 Å². The lowest BCUT2D eigenvalue weighted by Crippen LogP contribution is -2.10. The van der Waals surface area contributed by atoms with Crippen LogP contribution in [0.4, 0.5) is 0 Å². The molecule has 1 aromatic heterocycles. The number of benzene rings is 4. The van der Waals surface area contributed by atoms with Crippen molar-refractivity contribution in [1.29, 1.82) is 0 Å². The lowest BCUT2D eigenvalue weighted by molar-refractivity contribution is 0.627. The van der Waals surface area contributed by atoms with Crippen molar-refractivity contribution in [3.63, 3.8) is 0 Å². The molecule has 5 aromatic rings. The second kappa shape index (κ2) is 6.95. The predicted octanol–water partition coefficient (Wildman–Crippen LogP) is 7.80. The van der Waals surface area contributed by atoms with Gasteiger partial charge in [0.25, 0.3) is 0 Å². The van der Waals surface area contributed by atoms with Crippen molar-refractivity contribution in [3.8, 4) is 0 Å². The molecule has 0 N–H and O–H groups in total. The van der Waals surface area contributed by atoms with Crippen LogP contribution < -0.4 is 4.67 Å². The fourth-order valence-electron chi connectivity index (χ4n) is 4.10. The fraction of sp³-hybridized carbons (Fsp3) is 0.200. The van der Waals surface area contributed by atoms with Crippen LogP contribution in [0.15, 0.2) is 69.1 Å². The van der Waals surface area contributed by atoms with Crippen molar-refractivity contribution in [2.45, 2.75) is 20.8 Å². The summed E-state index contributed by atoms with van der Waals surface area (Å²) < 4.78 is 15.4. The van der Waals surface area contributed by atoms with E-state index >= 15 is 0 Å². The van der Waals surface area contributed by atoms with Gasteiger partial charge in [-0.3, -0.25) is 0 Å². The third-order valence-corrected chi connectivity index (χ3v) is 7.22. The topological polar surface area (TPSA) is 29.5 Å². The van der Waals surface area contributed by atoms with Crippen LogP contribution in [0.1, 0.15) is 18.1 Å². The Bertz CT molecular complexity index is 1330. The predicted molar refractivity (Wildman–Crippen MR) is 125 cm³/mol. The molecule has 0 radical (unpaired) electrons. The lowest BCUT2D eigenvalue weighted by Gasteiger charge is -2.09. The maximum atomic E-state index is 6.60. The molecule has 0 unspecified atom stereocenters. The van der Waals surface area contributed by atoms with E-state index in [4.69, 9.17) is 8.39 Å². The Morgan fingerprint density at radius 3 is 1.66 bits per heavy atom. The molecule has 146 valence electrons. The monoisotopic (exact) mass is 401 g/mol. The molecule has 4 aromatic carbocycles. The zero-order chi connectivity index (χ0) is 20.1. The Labute approximate surface area is 171 Å². The highest BCUT2D eigenvalue weighted by atomic mass is 31.1. The summed E-state index contributed by atoms with van der Waals surface area (Å²) in [4.78, 5) is 0. The van der Waals surface area contributed by atoms with Crippen molar-refractivity contribution < 1.29 is 8.39 Å². The molecule has 0 amide bonds. The quantitative estimate of drug-likeness (QED) is 0.302. The molecular weight excluding hydrogens is 377 g/mol. The van der Waals surface area contributed by atoms with Gasteiger partial charge in [-0.25, -0.2) is 4.67 Å². The molecule has 0 fully saturated rings. The van der Waals surface area contributed by atoms with E-state index in [0.29, 0.717) is 0 Å². The molecule has 0 bridgehead atoms. The number of aryl methyl sites for hydroxylation is 2. The first-order valence-electron chi connectivity index (χ1n) is 10.0. The Kier molecular flexibility index (Phi) is 4.38. The zero-order valence-corrected chi connectivity index (χ0v) is 18.1. The van der Waals surface area contributed by atoms with Gasteiger partial charge in [-0.15, -0.1) is 0 Å². The SMILES string of the molecule is CCN(C)p1oc2c(C)cc3ccccc3c2c2c(o1)c(C)cc1ccccc12. The molecule has 3 nitrogen and oxygen atoms in total. The van der Waals surface area contributed by atoms with Crippen molar-refractivity contribution in [2.75, 3.05) is 18.3 Å². The molecule has 4 heteroatoms. The van der Waals surface area contributed by atoms with E-state index < -0.39 is 8.16 Å². The summed E-state index contributed by atoms with van der Waals surface area (Å²) >= 11 is 0. The first-order valence-corrected chi connectivity index (χ1v) is 11.1. The molecule has 0 aliphatic carbocycles. The van der Waals surface area contributed by atoms with Gasteiger partial charge < -0.3 is 8.39 Å². The van der Waals surface area contributed by atoms with Crippen LogP contribution in [0, 0.1) is 13.8 Å². The van der Waals surface area contributed by atoms with Gasteiger partial charge in [-0.2, -0.15) is 0 Å². The van der Waals surface area contributed by atoms with E-state index in [2.05, 4.69) is 93.2 Å². The normalized spacial score (nSPS) is 11.9. The molecule has 0 spiro atoms. The molecule has 5 rings (SSSR count). The molecule has 29 heavy (non-hydrogen) atoms. The molecule has 1 heterocycles. The van der Waals surface area contributed by atoms with Crippen LogP contribution in [0.2, 0.25) is 0 Å². The van der Waals surface area contributed by atoms with E-state index in [0.717, 1.165) is 39.6 Å². The van der Waals surface area contributed by atoms with Crippen LogP contribution >= 0.6 is 8.16 Å². The van der Waals surface area contributed by atoms with Crippen LogP contribution in [0.5, 0.6) is 0 Å². The summed E-state index contributed by atoms with van der Waals surface area (Å²) in [7, 11) is 0.816. The Morgan fingerprint density at radius 2 is 1.21 bits per heavy atom. The molecule has 0 aliphatic rings. The average molecular weight is 401 g/mol. The van der Waals surface area contributed by atoms with Gasteiger partial charge >= 0.3 is 8.16 Å². The standard InChI is InChI=1S/C25H24NO2P/c1-5-26(4)29-27-24-16(2)14-18-10-6-8-12-20(18)22(24)23-21-13-9-7-11-19(21)15-17(3)25(23)28-29/h6-15H,5H2,1-4H3.